The van der Waals surface area contributed by atoms with Crippen LogP contribution in [0.5, 0.6) is 0 Å². The third kappa shape index (κ3) is 3.60. The largest absolute Gasteiger partial charge is 0.355 e. The molecule has 22 heavy (non-hydrogen) atoms. The molecule has 0 saturated carbocycles. The summed E-state index contributed by atoms with van der Waals surface area (Å²) < 4.78 is 0. The van der Waals surface area contributed by atoms with Crippen molar-refractivity contribution in [1.29, 1.82) is 0 Å². The Labute approximate surface area is 128 Å². The maximum atomic E-state index is 12.1. The molecule has 7 heteroatoms. The number of hydrogen-bond acceptors (Lipinski definition) is 4. The highest BCUT2D eigenvalue weighted by Gasteiger charge is 2.27. The molecular formula is C15H19N3O4. The van der Waals surface area contributed by atoms with Gasteiger partial charge in [0.25, 0.3) is 5.69 Å². The SMILES string of the molecule is CCCCNC(=O)CN1C(=O)CCc2cc([N+](=O)[O-])ccc21. The highest BCUT2D eigenvalue weighted by molar-refractivity contribution is 6.01. The molecule has 0 saturated heterocycles. The second-order valence-corrected chi connectivity index (χ2v) is 5.25. The molecule has 0 fully saturated rings. The minimum Gasteiger partial charge on any atom is -0.355 e. The van der Waals surface area contributed by atoms with Crippen LogP contribution < -0.4 is 10.2 Å². The van der Waals surface area contributed by atoms with Crippen LogP contribution in [0.1, 0.15) is 31.7 Å². The van der Waals surface area contributed by atoms with Crippen molar-refractivity contribution in [3.8, 4) is 0 Å². The standard InChI is InChI=1S/C15H19N3O4/c1-2-3-8-16-14(19)10-17-13-6-5-12(18(21)22)9-11(13)4-7-15(17)20/h5-6,9H,2-4,7-8,10H2,1H3,(H,16,19). The van der Waals surface area contributed by atoms with Crippen LogP contribution in [-0.2, 0) is 16.0 Å². The molecule has 0 spiro atoms. The smallest absolute Gasteiger partial charge is 0.269 e. The van der Waals surface area contributed by atoms with Gasteiger partial charge in [0.05, 0.1) is 4.92 Å². The number of carbonyl (C=O) groups excluding carboxylic acids is 2. The number of rotatable bonds is 6. The summed E-state index contributed by atoms with van der Waals surface area (Å²) in [6, 6.07) is 4.38. The van der Waals surface area contributed by atoms with Crippen LogP contribution in [0, 0.1) is 10.1 Å². The molecule has 1 aliphatic rings. The number of nitrogens with one attached hydrogen (secondary N) is 1. The van der Waals surface area contributed by atoms with Gasteiger partial charge < -0.3 is 10.2 Å². The molecular weight excluding hydrogens is 286 g/mol. The second-order valence-electron chi connectivity index (χ2n) is 5.25. The summed E-state index contributed by atoms with van der Waals surface area (Å²) in [7, 11) is 0. The number of carbonyl (C=O) groups is 2. The molecule has 2 rings (SSSR count). The van der Waals surface area contributed by atoms with Gasteiger partial charge in [-0.15, -0.1) is 0 Å². The number of hydrogen-bond donors (Lipinski definition) is 1. The fourth-order valence-electron chi connectivity index (χ4n) is 2.44. The Kier molecular flexibility index (Phi) is 5.08. The second kappa shape index (κ2) is 7.02. The fourth-order valence-corrected chi connectivity index (χ4v) is 2.44. The van der Waals surface area contributed by atoms with E-state index in [4.69, 9.17) is 0 Å². The topological polar surface area (TPSA) is 92.6 Å². The third-order valence-electron chi connectivity index (χ3n) is 3.63. The van der Waals surface area contributed by atoms with E-state index in [2.05, 4.69) is 5.32 Å². The van der Waals surface area contributed by atoms with Crippen LogP contribution in [0.25, 0.3) is 0 Å². The predicted molar refractivity (Wildman–Crippen MR) is 81.7 cm³/mol. The first-order chi connectivity index (χ1) is 10.5. The monoisotopic (exact) mass is 305 g/mol. The van der Waals surface area contributed by atoms with Crippen molar-refractivity contribution in [2.45, 2.75) is 32.6 Å². The normalized spacial score (nSPS) is 13.7. The van der Waals surface area contributed by atoms with E-state index in [0.717, 1.165) is 18.4 Å². The van der Waals surface area contributed by atoms with Crippen molar-refractivity contribution in [1.82, 2.24) is 5.32 Å². The molecule has 2 amide bonds. The van der Waals surface area contributed by atoms with Crippen LogP contribution >= 0.6 is 0 Å². The van der Waals surface area contributed by atoms with Crippen LogP contribution in [0.3, 0.4) is 0 Å². The molecule has 1 aromatic rings. The zero-order valence-corrected chi connectivity index (χ0v) is 12.5. The van der Waals surface area contributed by atoms with Gasteiger partial charge in [-0.25, -0.2) is 0 Å². The van der Waals surface area contributed by atoms with Crippen LogP contribution in [0.4, 0.5) is 11.4 Å². The fraction of sp³-hybridized carbons (Fsp3) is 0.467. The summed E-state index contributed by atoms with van der Waals surface area (Å²) in [5.41, 5.74) is 1.32. The van der Waals surface area contributed by atoms with Gasteiger partial charge in [-0.3, -0.25) is 19.7 Å². The highest BCUT2D eigenvalue weighted by atomic mass is 16.6. The van der Waals surface area contributed by atoms with Crippen molar-refractivity contribution in [3.63, 3.8) is 0 Å². The van der Waals surface area contributed by atoms with E-state index in [1.807, 2.05) is 6.92 Å². The number of fused-ring (bicyclic) bond motifs is 1. The van der Waals surface area contributed by atoms with Gasteiger partial charge >= 0.3 is 0 Å². The molecule has 0 atom stereocenters. The number of unbranched alkanes of at least 4 members (excludes halogenated alkanes) is 1. The summed E-state index contributed by atoms with van der Waals surface area (Å²) in [4.78, 5) is 35.7. The van der Waals surface area contributed by atoms with Gasteiger partial charge in [0.15, 0.2) is 0 Å². The first kappa shape index (κ1) is 15.9. The van der Waals surface area contributed by atoms with Crippen molar-refractivity contribution in [2.75, 3.05) is 18.0 Å². The third-order valence-corrected chi connectivity index (χ3v) is 3.63. The zero-order valence-electron chi connectivity index (χ0n) is 12.5. The summed E-state index contributed by atoms with van der Waals surface area (Å²) >= 11 is 0. The van der Waals surface area contributed by atoms with Gasteiger partial charge in [-0.05, 0) is 24.5 Å². The van der Waals surface area contributed by atoms with E-state index in [1.54, 1.807) is 6.07 Å². The predicted octanol–water partition coefficient (Wildman–Crippen LogP) is 1.79. The Morgan fingerprint density at radius 1 is 1.41 bits per heavy atom. The van der Waals surface area contributed by atoms with E-state index in [0.29, 0.717) is 18.7 Å². The van der Waals surface area contributed by atoms with E-state index >= 15 is 0 Å². The molecule has 1 aliphatic heterocycles. The molecule has 1 heterocycles. The highest BCUT2D eigenvalue weighted by Crippen LogP contribution is 2.30. The van der Waals surface area contributed by atoms with Crippen LogP contribution in [0.15, 0.2) is 18.2 Å². The lowest BCUT2D eigenvalue weighted by Gasteiger charge is -2.28. The lowest BCUT2D eigenvalue weighted by Crippen LogP contribution is -2.43. The molecule has 1 aromatic carbocycles. The van der Waals surface area contributed by atoms with Gasteiger partial charge in [-0.1, -0.05) is 13.3 Å². The van der Waals surface area contributed by atoms with E-state index in [-0.39, 0.29) is 30.5 Å². The molecule has 0 bridgehead atoms. The molecule has 1 N–H and O–H groups in total. The minimum atomic E-state index is -0.460. The molecule has 0 radical (unpaired) electrons. The van der Waals surface area contributed by atoms with Gasteiger partial charge in [-0.2, -0.15) is 0 Å². The van der Waals surface area contributed by atoms with E-state index < -0.39 is 4.92 Å². The number of nitro benzene ring substituents is 1. The van der Waals surface area contributed by atoms with E-state index in [1.165, 1.54) is 17.0 Å². The molecule has 0 aliphatic carbocycles. The maximum Gasteiger partial charge on any atom is 0.269 e. The Balaban J connectivity index is 2.14. The van der Waals surface area contributed by atoms with Crippen molar-refractivity contribution < 1.29 is 14.5 Å². The lowest BCUT2D eigenvalue weighted by atomic mass is 10.0. The Morgan fingerprint density at radius 2 is 2.18 bits per heavy atom. The Morgan fingerprint density at radius 3 is 2.86 bits per heavy atom. The summed E-state index contributed by atoms with van der Waals surface area (Å²) in [6.45, 7) is 2.57. The summed E-state index contributed by atoms with van der Waals surface area (Å²) in [6.07, 6.45) is 2.60. The summed E-state index contributed by atoms with van der Waals surface area (Å²) in [5.74, 6) is -0.347. The Bertz CT molecular complexity index is 600. The number of non-ortho nitro benzene ring substituents is 1. The first-order valence-corrected chi connectivity index (χ1v) is 7.37. The van der Waals surface area contributed by atoms with Crippen LogP contribution in [-0.4, -0.2) is 29.8 Å². The Hall–Kier alpha value is -2.44. The maximum absolute atomic E-state index is 12.1. The first-order valence-electron chi connectivity index (χ1n) is 7.37. The van der Waals surface area contributed by atoms with Gasteiger partial charge in [0.1, 0.15) is 6.54 Å². The number of benzene rings is 1. The number of amides is 2. The quantitative estimate of drug-likeness (QED) is 0.492. The van der Waals surface area contributed by atoms with Crippen molar-refractivity contribution in [3.05, 3.63) is 33.9 Å². The van der Waals surface area contributed by atoms with Gasteiger partial charge in [0.2, 0.25) is 11.8 Å². The lowest BCUT2D eigenvalue weighted by molar-refractivity contribution is -0.384. The van der Waals surface area contributed by atoms with E-state index in [9.17, 15) is 19.7 Å². The van der Waals surface area contributed by atoms with Crippen molar-refractivity contribution >= 4 is 23.2 Å². The van der Waals surface area contributed by atoms with Crippen LogP contribution in [0.2, 0.25) is 0 Å². The average Bonchev–Trinajstić information content (AvgIpc) is 2.50. The van der Waals surface area contributed by atoms with Crippen molar-refractivity contribution in [2.24, 2.45) is 0 Å². The number of aryl methyl sites for hydroxylation is 1. The number of nitro groups is 1. The summed E-state index contributed by atoms with van der Waals surface area (Å²) in [5, 5.41) is 13.6. The molecule has 0 unspecified atom stereocenters. The van der Waals surface area contributed by atoms with Gasteiger partial charge in [0, 0.05) is 30.8 Å². The number of nitrogens with zero attached hydrogens (tertiary/aromatic N) is 2. The molecule has 118 valence electrons. The number of anilines is 1. The molecule has 0 aromatic heterocycles. The molecule has 7 nitrogen and oxygen atoms in total. The zero-order chi connectivity index (χ0) is 16.1. The average molecular weight is 305 g/mol. The minimum absolute atomic E-state index is 0.000413.